The number of nitrogens with one attached hydrogen (secondary N) is 2. The molecule has 4 N–H and O–H groups in total. The number of rotatable bonds is 6. The summed E-state index contributed by atoms with van der Waals surface area (Å²) in [6.07, 6.45) is 3.68. The van der Waals surface area contributed by atoms with E-state index in [0.29, 0.717) is 50.6 Å². The van der Waals surface area contributed by atoms with Gasteiger partial charge in [0.2, 0.25) is 0 Å². The van der Waals surface area contributed by atoms with Crippen molar-refractivity contribution < 1.29 is 14.3 Å². The van der Waals surface area contributed by atoms with Gasteiger partial charge in [-0.25, -0.2) is 4.79 Å². The molecule has 2 heterocycles. The normalized spacial score (nSPS) is 18.0. The lowest BCUT2D eigenvalue weighted by Gasteiger charge is -2.29. The van der Waals surface area contributed by atoms with Crippen molar-refractivity contribution in [2.24, 2.45) is 5.73 Å². The molecule has 28 heavy (non-hydrogen) atoms. The molecule has 0 aliphatic carbocycles. The molecular formula is C20H31N5O3. The van der Waals surface area contributed by atoms with E-state index in [9.17, 15) is 9.59 Å². The van der Waals surface area contributed by atoms with Gasteiger partial charge in [0.05, 0.1) is 13.2 Å². The van der Waals surface area contributed by atoms with Gasteiger partial charge in [0.1, 0.15) is 0 Å². The van der Waals surface area contributed by atoms with Gasteiger partial charge in [0.15, 0.2) is 0 Å². The van der Waals surface area contributed by atoms with E-state index in [0.717, 1.165) is 25.2 Å². The van der Waals surface area contributed by atoms with E-state index in [1.165, 1.54) is 19.3 Å². The van der Waals surface area contributed by atoms with Crippen LogP contribution in [-0.4, -0.2) is 74.2 Å². The topological polar surface area (TPSA) is 99.9 Å². The summed E-state index contributed by atoms with van der Waals surface area (Å²) in [6.45, 7) is 5.96. The molecule has 0 radical (unpaired) electrons. The van der Waals surface area contributed by atoms with Gasteiger partial charge in [0, 0.05) is 44.0 Å². The van der Waals surface area contributed by atoms with Crippen LogP contribution in [0.5, 0.6) is 0 Å². The Bertz CT molecular complexity index is 670. The third kappa shape index (κ3) is 5.67. The van der Waals surface area contributed by atoms with Gasteiger partial charge in [-0.15, -0.1) is 0 Å². The third-order valence-electron chi connectivity index (χ3n) is 5.18. The quantitative estimate of drug-likeness (QED) is 0.679. The standard InChI is InChI=1S/C20H31N5O3/c21-6-7-22-19(26)16-4-5-17(15-24-8-2-1-3-9-24)18(14-16)23-20(27)25-10-12-28-13-11-25/h4-5,14H,1-3,6-13,15,21H2,(H,22,26)(H,23,27). The van der Waals surface area contributed by atoms with Crippen molar-refractivity contribution in [3.8, 4) is 0 Å². The Balaban J connectivity index is 1.76. The second-order valence-corrected chi connectivity index (χ2v) is 7.28. The molecule has 0 spiro atoms. The molecule has 3 amide bonds. The van der Waals surface area contributed by atoms with Gasteiger partial charge in [-0.2, -0.15) is 0 Å². The summed E-state index contributed by atoms with van der Waals surface area (Å²) in [4.78, 5) is 29.2. The zero-order valence-corrected chi connectivity index (χ0v) is 16.4. The molecule has 2 saturated heterocycles. The molecule has 8 heteroatoms. The molecular weight excluding hydrogens is 358 g/mol. The van der Waals surface area contributed by atoms with Crippen molar-refractivity contribution in [2.45, 2.75) is 25.8 Å². The van der Waals surface area contributed by atoms with Crippen molar-refractivity contribution in [3.05, 3.63) is 29.3 Å². The Hall–Kier alpha value is -2.16. The van der Waals surface area contributed by atoms with Gasteiger partial charge in [-0.1, -0.05) is 12.5 Å². The molecule has 0 saturated carbocycles. The van der Waals surface area contributed by atoms with Gasteiger partial charge >= 0.3 is 6.03 Å². The molecule has 0 atom stereocenters. The summed E-state index contributed by atoms with van der Waals surface area (Å²) >= 11 is 0. The zero-order chi connectivity index (χ0) is 19.8. The van der Waals surface area contributed by atoms with Gasteiger partial charge < -0.3 is 26.0 Å². The minimum atomic E-state index is -0.183. The number of benzene rings is 1. The fourth-order valence-electron chi connectivity index (χ4n) is 3.58. The van der Waals surface area contributed by atoms with E-state index in [4.69, 9.17) is 10.5 Å². The van der Waals surface area contributed by atoms with Crippen LogP contribution in [0.2, 0.25) is 0 Å². The van der Waals surface area contributed by atoms with Crippen molar-refractivity contribution >= 4 is 17.6 Å². The number of nitrogens with two attached hydrogens (primary N) is 1. The van der Waals surface area contributed by atoms with E-state index >= 15 is 0 Å². The molecule has 0 aromatic heterocycles. The number of likely N-dealkylation sites (tertiary alicyclic amines) is 1. The van der Waals surface area contributed by atoms with E-state index in [1.54, 1.807) is 11.0 Å². The predicted molar refractivity (Wildman–Crippen MR) is 108 cm³/mol. The molecule has 3 rings (SSSR count). The molecule has 0 unspecified atom stereocenters. The molecule has 2 aliphatic rings. The van der Waals surface area contributed by atoms with E-state index in [-0.39, 0.29) is 11.9 Å². The summed E-state index contributed by atoms with van der Waals surface area (Å²) in [5.41, 5.74) is 7.71. The molecule has 2 aliphatic heterocycles. The second-order valence-electron chi connectivity index (χ2n) is 7.28. The van der Waals surface area contributed by atoms with Crippen molar-refractivity contribution in [2.75, 3.05) is 57.8 Å². The number of carbonyl (C=O) groups is 2. The maximum Gasteiger partial charge on any atom is 0.322 e. The number of morpholine rings is 1. The molecule has 1 aromatic carbocycles. The average molecular weight is 390 g/mol. The molecule has 154 valence electrons. The van der Waals surface area contributed by atoms with Crippen LogP contribution in [0, 0.1) is 0 Å². The van der Waals surface area contributed by atoms with Crippen LogP contribution in [0.4, 0.5) is 10.5 Å². The first-order valence-corrected chi connectivity index (χ1v) is 10.1. The number of urea groups is 1. The van der Waals surface area contributed by atoms with E-state index in [2.05, 4.69) is 15.5 Å². The largest absolute Gasteiger partial charge is 0.378 e. The maximum absolute atomic E-state index is 12.7. The van der Waals surface area contributed by atoms with Gasteiger partial charge in [-0.3, -0.25) is 9.69 Å². The number of hydrogen-bond donors (Lipinski definition) is 3. The summed E-state index contributed by atoms with van der Waals surface area (Å²) in [7, 11) is 0. The third-order valence-corrected chi connectivity index (χ3v) is 5.18. The monoisotopic (exact) mass is 389 g/mol. The summed E-state index contributed by atoms with van der Waals surface area (Å²) < 4.78 is 5.32. The Morgan fingerprint density at radius 1 is 1.07 bits per heavy atom. The predicted octanol–water partition coefficient (Wildman–Crippen LogP) is 1.23. The minimum absolute atomic E-state index is 0.150. The Morgan fingerprint density at radius 2 is 1.82 bits per heavy atom. The average Bonchev–Trinajstić information content (AvgIpc) is 2.74. The molecule has 0 bridgehead atoms. The van der Waals surface area contributed by atoms with E-state index in [1.807, 2.05) is 12.1 Å². The Labute approximate surface area is 166 Å². The van der Waals surface area contributed by atoms with Crippen molar-refractivity contribution in [3.63, 3.8) is 0 Å². The number of anilines is 1. The Kier molecular flexibility index (Phi) is 7.64. The SMILES string of the molecule is NCCNC(=O)c1ccc(CN2CCCCC2)c(NC(=O)N2CCOCC2)c1. The lowest BCUT2D eigenvalue weighted by Crippen LogP contribution is -2.43. The van der Waals surface area contributed by atoms with Crippen LogP contribution >= 0.6 is 0 Å². The highest BCUT2D eigenvalue weighted by Crippen LogP contribution is 2.22. The lowest BCUT2D eigenvalue weighted by molar-refractivity contribution is 0.0564. The number of piperidine rings is 1. The number of nitrogens with zero attached hydrogens (tertiary/aromatic N) is 2. The first-order chi connectivity index (χ1) is 13.7. The van der Waals surface area contributed by atoms with Crippen LogP contribution in [0.15, 0.2) is 18.2 Å². The van der Waals surface area contributed by atoms with Gasteiger partial charge in [-0.05, 0) is 43.6 Å². The number of ether oxygens (including phenoxy) is 1. The summed E-state index contributed by atoms with van der Waals surface area (Å²) in [5.74, 6) is -0.183. The van der Waals surface area contributed by atoms with E-state index < -0.39 is 0 Å². The lowest BCUT2D eigenvalue weighted by atomic mass is 10.1. The molecule has 1 aromatic rings. The first-order valence-electron chi connectivity index (χ1n) is 10.1. The fraction of sp³-hybridized carbons (Fsp3) is 0.600. The highest BCUT2D eigenvalue weighted by atomic mass is 16.5. The van der Waals surface area contributed by atoms with Crippen LogP contribution in [-0.2, 0) is 11.3 Å². The zero-order valence-electron chi connectivity index (χ0n) is 16.4. The molecule has 8 nitrogen and oxygen atoms in total. The second kappa shape index (κ2) is 10.4. The summed E-state index contributed by atoms with van der Waals surface area (Å²) in [6, 6.07) is 5.38. The van der Waals surface area contributed by atoms with Crippen LogP contribution in [0.1, 0.15) is 35.2 Å². The maximum atomic E-state index is 12.7. The van der Waals surface area contributed by atoms with Crippen molar-refractivity contribution in [1.29, 1.82) is 0 Å². The van der Waals surface area contributed by atoms with Gasteiger partial charge in [0.25, 0.3) is 5.91 Å². The highest BCUT2D eigenvalue weighted by molar-refractivity contribution is 5.97. The summed E-state index contributed by atoms with van der Waals surface area (Å²) in [5, 5.41) is 5.80. The fourth-order valence-corrected chi connectivity index (χ4v) is 3.58. The highest BCUT2D eigenvalue weighted by Gasteiger charge is 2.20. The number of amides is 3. The smallest absolute Gasteiger partial charge is 0.322 e. The van der Waals surface area contributed by atoms with Crippen molar-refractivity contribution in [1.82, 2.24) is 15.1 Å². The minimum Gasteiger partial charge on any atom is -0.378 e. The van der Waals surface area contributed by atoms with Crippen LogP contribution in [0.25, 0.3) is 0 Å². The van der Waals surface area contributed by atoms with Crippen LogP contribution in [0.3, 0.4) is 0 Å². The number of hydrogen-bond acceptors (Lipinski definition) is 5. The molecule has 2 fully saturated rings. The Morgan fingerprint density at radius 3 is 2.54 bits per heavy atom. The number of carbonyl (C=O) groups excluding carboxylic acids is 2. The first kappa shape index (κ1) is 20.6. The van der Waals surface area contributed by atoms with Crippen LogP contribution < -0.4 is 16.4 Å².